The molecule has 0 bridgehead atoms. The van der Waals surface area contributed by atoms with E-state index in [2.05, 4.69) is 126 Å². The molecule has 2 aliphatic rings. The van der Waals surface area contributed by atoms with E-state index in [9.17, 15) is 0 Å². The van der Waals surface area contributed by atoms with E-state index < -0.39 is 21.3 Å². The Bertz CT molecular complexity index is 1270. The molecule has 4 rings (SSSR count). The van der Waals surface area contributed by atoms with Gasteiger partial charge in [-0.3, -0.25) is 0 Å². The molecule has 0 spiro atoms. The van der Waals surface area contributed by atoms with Gasteiger partial charge in [-0.15, -0.1) is 0 Å². The first kappa shape index (κ1) is 26.7. The summed E-state index contributed by atoms with van der Waals surface area (Å²) >= 11 is -2.25. The van der Waals surface area contributed by atoms with Gasteiger partial charge in [0.2, 0.25) is 0 Å². The normalized spacial score (nSPS) is 17.7. The van der Waals surface area contributed by atoms with Crippen LogP contribution >= 0.6 is 0 Å². The fourth-order valence-corrected chi connectivity index (χ4v) is 13.2. The summed E-state index contributed by atoms with van der Waals surface area (Å²) in [5.74, 6) is 0.554. The average molecular weight is 546 g/mol. The Balaban J connectivity index is 1.98. The van der Waals surface area contributed by atoms with Gasteiger partial charge in [-0.2, -0.15) is 0 Å². The first-order chi connectivity index (χ1) is 16.0. The number of fused-ring (bicyclic) bond motifs is 3. The van der Waals surface area contributed by atoms with E-state index in [1.165, 1.54) is 33.4 Å². The maximum absolute atomic E-state index is 2.64. The molecule has 0 N–H and O–H groups in total. The molecule has 0 saturated carbocycles. The Morgan fingerprint density at radius 1 is 0.771 bits per heavy atom. The van der Waals surface area contributed by atoms with Crippen molar-refractivity contribution in [2.75, 3.05) is 0 Å². The van der Waals surface area contributed by atoms with Crippen molar-refractivity contribution in [3.8, 4) is 11.1 Å². The Morgan fingerprint density at radius 3 is 1.89 bits per heavy atom. The van der Waals surface area contributed by atoms with Crippen molar-refractivity contribution in [2.45, 2.75) is 100 Å². The zero-order valence-corrected chi connectivity index (χ0v) is 26.8. The van der Waals surface area contributed by atoms with E-state index in [1.807, 2.05) is 0 Å². The molecule has 1 atom stereocenters. The molecule has 0 nitrogen and oxygen atoms in total. The number of allylic oxidation sites excluding steroid dienone is 4. The van der Waals surface area contributed by atoms with Crippen molar-refractivity contribution in [3.05, 3.63) is 73.6 Å². The van der Waals surface area contributed by atoms with Crippen LogP contribution in [0.4, 0.5) is 0 Å². The van der Waals surface area contributed by atoms with Gasteiger partial charge in [0.25, 0.3) is 0 Å². The maximum atomic E-state index is 2.64. The van der Waals surface area contributed by atoms with Crippen LogP contribution in [0.1, 0.15) is 105 Å². The number of rotatable bonds is 2. The monoisotopic (exact) mass is 544 g/mol. The van der Waals surface area contributed by atoms with Crippen molar-refractivity contribution >= 4 is 6.48 Å². The number of benzene rings is 2. The van der Waals surface area contributed by atoms with Gasteiger partial charge in [0.15, 0.2) is 0 Å². The Hall–Kier alpha value is -1.33. The number of hydrogen-bond acceptors (Lipinski definition) is 0. The third-order valence-corrected chi connectivity index (χ3v) is 15.7. The van der Waals surface area contributed by atoms with Gasteiger partial charge in [0.1, 0.15) is 0 Å². The SMILES string of the molecule is C[C](C)=[Zr]([C]1=CC(C(C)(C)C)=CC1C)[c]1cc(C(C)(C)C)cc2c1Cc1ccc(C(C)(C)C)cc1-2. The summed E-state index contributed by atoms with van der Waals surface area (Å²) < 4.78 is 5.18. The van der Waals surface area contributed by atoms with Crippen LogP contribution in [0.25, 0.3) is 11.1 Å². The standard InChI is InChI=1S/C21H25.C10H15.C3H6.Zr/c1-20(2,3)16-9-7-14-11-15-8-10-17(21(4,5)6)13-19(15)18(14)12-16;1-8-5-6-9(7-8)10(2,3)4;1-3-2;/h7,9-10,12-13H,11H2,1-6H3;6-8H,1-4H3;1-2H3;. The van der Waals surface area contributed by atoms with Crippen LogP contribution in [-0.4, -0.2) is 3.21 Å². The van der Waals surface area contributed by atoms with Gasteiger partial charge in [0, 0.05) is 0 Å². The molecule has 0 radical (unpaired) electrons. The summed E-state index contributed by atoms with van der Waals surface area (Å²) in [6.45, 7) is 28.5. The zero-order valence-electron chi connectivity index (χ0n) is 24.3. The van der Waals surface area contributed by atoms with E-state index in [4.69, 9.17) is 0 Å². The Morgan fingerprint density at radius 2 is 1.37 bits per heavy atom. The third kappa shape index (κ3) is 5.10. The van der Waals surface area contributed by atoms with E-state index in [0.29, 0.717) is 5.92 Å². The summed E-state index contributed by atoms with van der Waals surface area (Å²) in [7, 11) is 0. The fourth-order valence-electron chi connectivity index (χ4n) is 5.58. The topological polar surface area (TPSA) is 0 Å². The fraction of sp³-hybridized carbons (Fsp3) is 0.500. The first-order valence-corrected chi connectivity index (χ1v) is 17.1. The molecule has 2 aromatic carbocycles. The van der Waals surface area contributed by atoms with Crippen molar-refractivity contribution in [2.24, 2.45) is 11.3 Å². The summed E-state index contributed by atoms with van der Waals surface area (Å²) in [4.78, 5) is 0. The molecule has 0 aliphatic heterocycles. The summed E-state index contributed by atoms with van der Waals surface area (Å²) in [5.41, 5.74) is 11.1. The van der Waals surface area contributed by atoms with Crippen LogP contribution in [0.2, 0.25) is 0 Å². The molecular weight excluding hydrogens is 500 g/mol. The van der Waals surface area contributed by atoms with Crippen LogP contribution in [0.5, 0.6) is 0 Å². The minimum absolute atomic E-state index is 0.134. The van der Waals surface area contributed by atoms with E-state index in [1.54, 1.807) is 15.3 Å². The van der Waals surface area contributed by atoms with Crippen LogP contribution in [0, 0.1) is 11.3 Å². The molecular formula is C34H46Zr. The molecule has 1 unspecified atom stereocenters. The molecule has 0 saturated heterocycles. The van der Waals surface area contributed by atoms with Crippen molar-refractivity contribution < 1.29 is 21.3 Å². The van der Waals surface area contributed by atoms with Gasteiger partial charge < -0.3 is 0 Å². The molecule has 186 valence electrons. The van der Waals surface area contributed by atoms with Crippen LogP contribution in [0.15, 0.2) is 51.3 Å². The minimum atomic E-state index is -2.25. The molecule has 0 aromatic heterocycles. The average Bonchev–Trinajstić information content (AvgIpc) is 3.27. The second-order valence-corrected chi connectivity index (χ2v) is 21.3. The Kier molecular flexibility index (Phi) is 6.80. The molecule has 0 amide bonds. The molecule has 0 heterocycles. The quantitative estimate of drug-likeness (QED) is 0.302. The summed E-state index contributed by atoms with van der Waals surface area (Å²) in [6.07, 6.45) is 6.26. The molecule has 35 heavy (non-hydrogen) atoms. The molecule has 2 aromatic rings. The Labute approximate surface area is 223 Å². The van der Waals surface area contributed by atoms with E-state index >= 15 is 0 Å². The molecule has 2 aliphatic carbocycles. The van der Waals surface area contributed by atoms with Crippen LogP contribution in [0.3, 0.4) is 0 Å². The van der Waals surface area contributed by atoms with Gasteiger partial charge in [-0.05, 0) is 0 Å². The van der Waals surface area contributed by atoms with Gasteiger partial charge in [-0.25, -0.2) is 0 Å². The van der Waals surface area contributed by atoms with Crippen LogP contribution in [-0.2, 0) is 38.5 Å². The second kappa shape index (κ2) is 8.90. The van der Waals surface area contributed by atoms with Gasteiger partial charge in [0.05, 0.1) is 0 Å². The summed E-state index contributed by atoms with van der Waals surface area (Å²) in [5, 5.41) is 0. The van der Waals surface area contributed by atoms with Crippen molar-refractivity contribution in [1.29, 1.82) is 0 Å². The summed E-state index contributed by atoms with van der Waals surface area (Å²) in [6, 6.07) is 12.5. The number of hydrogen-bond donors (Lipinski definition) is 0. The van der Waals surface area contributed by atoms with Crippen molar-refractivity contribution in [3.63, 3.8) is 0 Å². The van der Waals surface area contributed by atoms with Gasteiger partial charge >= 0.3 is 224 Å². The van der Waals surface area contributed by atoms with E-state index in [-0.39, 0.29) is 16.2 Å². The van der Waals surface area contributed by atoms with Crippen LogP contribution < -0.4 is 3.27 Å². The second-order valence-electron chi connectivity index (χ2n) is 14.2. The van der Waals surface area contributed by atoms with Gasteiger partial charge in [-0.1, -0.05) is 0 Å². The predicted molar refractivity (Wildman–Crippen MR) is 153 cm³/mol. The van der Waals surface area contributed by atoms with E-state index in [0.717, 1.165) is 6.42 Å². The first-order valence-electron chi connectivity index (χ1n) is 13.4. The molecule has 0 fully saturated rings. The molecule has 1 heteroatoms. The third-order valence-electron chi connectivity index (χ3n) is 7.90. The van der Waals surface area contributed by atoms with Crippen molar-refractivity contribution in [1.82, 2.24) is 0 Å². The predicted octanol–water partition coefficient (Wildman–Crippen LogP) is 8.81. The zero-order chi connectivity index (χ0) is 26.1.